The lowest BCUT2D eigenvalue weighted by Crippen LogP contribution is -2.44. The Morgan fingerprint density at radius 2 is 1.90 bits per heavy atom. The second-order valence-corrected chi connectivity index (χ2v) is 12.4. The van der Waals surface area contributed by atoms with E-state index < -0.39 is 8.32 Å². The Balaban J connectivity index is 2.02. The van der Waals surface area contributed by atoms with E-state index in [0.29, 0.717) is 12.1 Å². The second-order valence-electron chi connectivity index (χ2n) is 7.22. The van der Waals surface area contributed by atoms with E-state index in [9.17, 15) is 0 Å². The Morgan fingerprint density at radius 3 is 2.50 bits per heavy atom. The van der Waals surface area contributed by atoms with Gasteiger partial charge in [0.1, 0.15) is 0 Å². The van der Waals surface area contributed by atoms with Crippen molar-refractivity contribution in [3.05, 3.63) is 34.9 Å². The van der Waals surface area contributed by atoms with Crippen LogP contribution in [0.2, 0.25) is 23.2 Å². The number of halogens is 1. The number of hydrogen-bond donors (Lipinski definition) is 1. The average Bonchev–Trinajstić information content (AvgIpc) is 2.75. The van der Waals surface area contributed by atoms with Crippen molar-refractivity contribution in [3.8, 4) is 0 Å². The molecule has 1 N–H and O–H groups in total. The van der Waals surface area contributed by atoms with Crippen molar-refractivity contribution < 1.29 is 4.43 Å². The molecule has 1 aromatic carbocycles. The van der Waals surface area contributed by atoms with Gasteiger partial charge < -0.3 is 9.74 Å². The third kappa shape index (κ3) is 3.45. The summed E-state index contributed by atoms with van der Waals surface area (Å²) in [5.41, 5.74) is 1.19. The minimum absolute atomic E-state index is 0.259. The van der Waals surface area contributed by atoms with Crippen molar-refractivity contribution in [2.45, 2.75) is 57.5 Å². The molecular weight excluding hydrogens is 286 g/mol. The van der Waals surface area contributed by atoms with Crippen LogP contribution in [0.4, 0.5) is 0 Å². The van der Waals surface area contributed by atoms with E-state index in [1.54, 1.807) is 0 Å². The van der Waals surface area contributed by atoms with Gasteiger partial charge in [0.05, 0.1) is 6.10 Å². The van der Waals surface area contributed by atoms with Gasteiger partial charge in [0, 0.05) is 17.6 Å². The summed E-state index contributed by atoms with van der Waals surface area (Å²) in [6.45, 7) is 12.4. The molecule has 2 rings (SSSR count). The molecule has 2 atom stereocenters. The van der Waals surface area contributed by atoms with Gasteiger partial charge in [-0.1, -0.05) is 50.6 Å². The van der Waals surface area contributed by atoms with Crippen LogP contribution in [-0.2, 0) is 4.43 Å². The lowest BCUT2D eigenvalue weighted by molar-refractivity contribution is 0.197. The number of benzene rings is 1. The summed E-state index contributed by atoms with van der Waals surface area (Å²) < 4.78 is 6.49. The van der Waals surface area contributed by atoms with Crippen molar-refractivity contribution in [1.29, 1.82) is 0 Å². The monoisotopic (exact) mass is 311 g/mol. The molecule has 0 aromatic heterocycles. The van der Waals surface area contributed by atoms with E-state index >= 15 is 0 Å². The van der Waals surface area contributed by atoms with E-state index in [0.717, 1.165) is 18.0 Å². The first-order chi connectivity index (χ1) is 9.21. The summed E-state index contributed by atoms with van der Waals surface area (Å²) in [5, 5.41) is 4.66. The van der Waals surface area contributed by atoms with Crippen LogP contribution in [0.25, 0.3) is 0 Å². The molecule has 0 radical (unpaired) electrons. The van der Waals surface area contributed by atoms with Crippen LogP contribution in [0.3, 0.4) is 0 Å². The summed E-state index contributed by atoms with van der Waals surface area (Å²) in [6.07, 6.45) is 1.31. The molecule has 1 aromatic rings. The van der Waals surface area contributed by atoms with Crippen LogP contribution in [0, 0.1) is 0 Å². The molecule has 0 saturated carbocycles. The highest BCUT2D eigenvalue weighted by Crippen LogP contribution is 2.39. The molecule has 0 bridgehead atoms. The first-order valence-electron chi connectivity index (χ1n) is 7.36. The van der Waals surface area contributed by atoms with Gasteiger partial charge in [-0.05, 0) is 36.2 Å². The molecule has 2 unspecified atom stereocenters. The molecule has 1 saturated heterocycles. The van der Waals surface area contributed by atoms with Gasteiger partial charge in [-0.3, -0.25) is 0 Å². The number of nitrogens with one attached hydrogen (secondary N) is 1. The normalized spacial score (nSPS) is 24.1. The molecule has 0 spiro atoms. The minimum atomic E-state index is -1.69. The van der Waals surface area contributed by atoms with Crippen molar-refractivity contribution in [2.24, 2.45) is 0 Å². The fraction of sp³-hybridized carbons (Fsp3) is 0.625. The Hall–Kier alpha value is -0.353. The summed E-state index contributed by atoms with van der Waals surface area (Å²) in [7, 11) is -1.69. The molecule has 1 heterocycles. The fourth-order valence-electron chi connectivity index (χ4n) is 2.38. The largest absolute Gasteiger partial charge is 0.413 e. The Morgan fingerprint density at radius 1 is 1.25 bits per heavy atom. The van der Waals surface area contributed by atoms with Gasteiger partial charge >= 0.3 is 0 Å². The molecule has 20 heavy (non-hydrogen) atoms. The lowest BCUT2D eigenvalue weighted by Gasteiger charge is -2.38. The van der Waals surface area contributed by atoms with Gasteiger partial charge in [-0.2, -0.15) is 0 Å². The predicted molar refractivity (Wildman–Crippen MR) is 88.9 cm³/mol. The standard InChI is InChI=1S/C16H26ClNOSi/c1-16(2,3)20(4,5)19-12-10-15(18-11-12)13-8-6-7-9-14(13)17/h6-9,12,15,18H,10-11H2,1-5H3. The number of rotatable bonds is 3. The summed E-state index contributed by atoms with van der Waals surface area (Å²) in [5.74, 6) is 0. The van der Waals surface area contributed by atoms with E-state index in [1.165, 1.54) is 5.56 Å². The van der Waals surface area contributed by atoms with Gasteiger partial charge in [0.25, 0.3) is 0 Å². The first kappa shape index (κ1) is 16.0. The van der Waals surface area contributed by atoms with E-state index in [1.807, 2.05) is 18.2 Å². The molecule has 2 nitrogen and oxygen atoms in total. The Kier molecular flexibility index (Phi) is 4.65. The second kappa shape index (κ2) is 5.80. The Bertz CT molecular complexity index is 470. The van der Waals surface area contributed by atoms with Gasteiger partial charge in [0.2, 0.25) is 0 Å². The maximum absolute atomic E-state index is 6.49. The van der Waals surface area contributed by atoms with E-state index in [2.05, 4.69) is 45.2 Å². The minimum Gasteiger partial charge on any atom is -0.413 e. The summed E-state index contributed by atoms with van der Waals surface area (Å²) >= 11 is 6.29. The maximum atomic E-state index is 6.49. The van der Waals surface area contributed by atoms with Gasteiger partial charge in [0.15, 0.2) is 8.32 Å². The zero-order valence-corrected chi connectivity index (χ0v) is 14.9. The summed E-state index contributed by atoms with van der Waals surface area (Å²) in [6, 6.07) is 8.41. The lowest BCUT2D eigenvalue weighted by atomic mass is 10.0. The van der Waals surface area contributed by atoms with Crippen LogP contribution in [0.15, 0.2) is 24.3 Å². The van der Waals surface area contributed by atoms with Crippen LogP contribution in [-0.4, -0.2) is 21.0 Å². The van der Waals surface area contributed by atoms with Crippen molar-refractivity contribution in [2.75, 3.05) is 6.54 Å². The molecule has 112 valence electrons. The molecule has 1 fully saturated rings. The van der Waals surface area contributed by atoms with Crippen molar-refractivity contribution >= 4 is 19.9 Å². The van der Waals surface area contributed by atoms with E-state index in [4.69, 9.17) is 16.0 Å². The molecular formula is C16H26ClNOSi. The molecule has 4 heteroatoms. The van der Waals surface area contributed by atoms with Crippen LogP contribution in [0.5, 0.6) is 0 Å². The highest BCUT2D eigenvalue weighted by molar-refractivity contribution is 6.74. The highest BCUT2D eigenvalue weighted by atomic mass is 35.5. The van der Waals surface area contributed by atoms with Crippen LogP contribution < -0.4 is 5.32 Å². The quantitative estimate of drug-likeness (QED) is 0.812. The maximum Gasteiger partial charge on any atom is 0.192 e. The van der Waals surface area contributed by atoms with Gasteiger partial charge in [-0.25, -0.2) is 0 Å². The molecule has 1 aliphatic heterocycles. The van der Waals surface area contributed by atoms with Crippen molar-refractivity contribution in [3.63, 3.8) is 0 Å². The molecule has 1 aliphatic rings. The zero-order chi connectivity index (χ0) is 15.0. The SMILES string of the molecule is CC(C)(C)[Si](C)(C)OC1CNC(c2ccccc2Cl)C1. The van der Waals surface area contributed by atoms with Gasteiger partial charge in [-0.15, -0.1) is 0 Å². The topological polar surface area (TPSA) is 21.3 Å². The Labute approximate surface area is 129 Å². The highest BCUT2D eigenvalue weighted by Gasteiger charge is 2.40. The van der Waals surface area contributed by atoms with E-state index in [-0.39, 0.29) is 5.04 Å². The average molecular weight is 312 g/mol. The fourth-order valence-corrected chi connectivity index (χ4v) is 4.01. The van der Waals surface area contributed by atoms with Crippen molar-refractivity contribution in [1.82, 2.24) is 5.32 Å². The number of hydrogen-bond acceptors (Lipinski definition) is 2. The predicted octanol–water partition coefficient (Wildman–Crippen LogP) is 4.76. The zero-order valence-electron chi connectivity index (χ0n) is 13.2. The summed E-state index contributed by atoms with van der Waals surface area (Å²) in [4.78, 5) is 0. The van der Waals surface area contributed by atoms with Crippen LogP contribution in [0.1, 0.15) is 38.8 Å². The molecule has 0 amide bonds. The third-order valence-corrected chi connectivity index (χ3v) is 9.52. The first-order valence-corrected chi connectivity index (χ1v) is 10.6. The van der Waals surface area contributed by atoms with Crippen LogP contribution >= 0.6 is 11.6 Å². The molecule has 0 aliphatic carbocycles. The smallest absolute Gasteiger partial charge is 0.192 e. The third-order valence-electron chi connectivity index (χ3n) is 4.64.